The van der Waals surface area contributed by atoms with Crippen LogP contribution in [0.4, 0.5) is 0 Å². The first kappa shape index (κ1) is 15.0. The Balaban J connectivity index is 1.98. The molecule has 0 unspecified atom stereocenters. The lowest BCUT2D eigenvalue weighted by molar-refractivity contribution is 0.596. The van der Waals surface area contributed by atoms with E-state index in [9.17, 15) is 8.42 Å². The Morgan fingerprint density at radius 1 is 0.909 bits per heavy atom. The number of benzene rings is 2. The third kappa shape index (κ3) is 2.83. The van der Waals surface area contributed by atoms with Crippen molar-refractivity contribution in [3.05, 3.63) is 58.3 Å². The van der Waals surface area contributed by atoms with Gasteiger partial charge in [-0.25, -0.2) is 8.42 Å². The molecule has 3 aromatic rings. The van der Waals surface area contributed by atoms with Crippen LogP contribution >= 0.6 is 23.8 Å². The molecule has 0 aliphatic carbocycles. The van der Waals surface area contributed by atoms with Crippen LogP contribution in [-0.2, 0) is 9.84 Å². The molecule has 0 radical (unpaired) electrons. The number of hydrogen-bond acceptors (Lipinski definition) is 4. The Labute approximate surface area is 136 Å². The maximum atomic E-state index is 12.5. The van der Waals surface area contributed by atoms with Crippen LogP contribution < -0.4 is 0 Å². The molecule has 112 valence electrons. The predicted octanol–water partition coefficient (Wildman–Crippen LogP) is 3.62. The van der Waals surface area contributed by atoms with Gasteiger partial charge in [-0.2, -0.15) is 4.98 Å². The smallest absolute Gasteiger partial charge is 0.213 e. The van der Waals surface area contributed by atoms with Gasteiger partial charge in [-0.1, -0.05) is 11.6 Å². The molecular formula is C14H10ClN3O2S2. The van der Waals surface area contributed by atoms with Crippen LogP contribution in [0.2, 0.25) is 5.02 Å². The average Bonchev–Trinajstić information content (AvgIpc) is 2.94. The molecular weight excluding hydrogens is 342 g/mol. The van der Waals surface area contributed by atoms with E-state index in [-0.39, 0.29) is 9.79 Å². The van der Waals surface area contributed by atoms with Crippen molar-refractivity contribution in [1.29, 1.82) is 0 Å². The number of H-pyrrole nitrogens is 2. The fourth-order valence-corrected chi connectivity index (χ4v) is 3.48. The molecule has 0 bridgehead atoms. The minimum absolute atomic E-state index is 0.198. The fourth-order valence-electron chi connectivity index (χ4n) is 1.95. The molecule has 2 aromatic carbocycles. The third-order valence-corrected chi connectivity index (χ3v) is 5.29. The van der Waals surface area contributed by atoms with Crippen molar-refractivity contribution >= 4 is 33.7 Å². The van der Waals surface area contributed by atoms with Crippen LogP contribution in [0.15, 0.2) is 58.3 Å². The van der Waals surface area contributed by atoms with Gasteiger partial charge in [0.05, 0.1) is 9.79 Å². The second kappa shape index (κ2) is 5.68. The molecule has 0 amide bonds. The van der Waals surface area contributed by atoms with Gasteiger partial charge in [0, 0.05) is 10.6 Å². The van der Waals surface area contributed by atoms with Gasteiger partial charge in [0.25, 0.3) is 0 Å². The van der Waals surface area contributed by atoms with Gasteiger partial charge in [0.2, 0.25) is 14.6 Å². The number of sulfone groups is 1. The van der Waals surface area contributed by atoms with Crippen LogP contribution in [-0.4, -0.2) is 23.6 Å². The third-order valence-electron chi connectivity index (χ3n) is 3.06. The van der Waals surface area contributed by atoms with Crippen LogP contribution in [0.5, 0.6) is 0 Å². The number of nitrogens with zero attached hydrogens (tertiary/aromatic N) is 1. The summed E-state index contributed by atoms with van der Waals surface area (Å²) in [5, 5.41) is 5.99. The van der Waals surface area contributed by atoms with E-state index in [1.54, 1.807) is 24.3 Å². The Morgan fingerprint density at radius 3 is 1.95 bits per heavy atom. The molecule has 8 heteroatoms. The Bertz CT molecular complexity index is 958. The second-order valence-corrected chi connectivity index (χ2v) is 7.27. The van der Waals surface area contributed by atoms with E-state index in [0.29, 0.717) is 15.6 Å². The summed E-state index contributed by atoms with van der Waals surface area (Å²) in [5.74, 6) is 0.556. The van der Waals surface area contributed by atoms with Crippen molar-refractivity contribution in [2.75, 3.05) is 0 Å². The monoisotopic (exact) mass is 351 g/mol. The molecule has 0 spiro atoms. The molecule has 0 fully saturated rings. The molecule has 5 nitrogen and oxygen atoms in total. The van der Waals surface area contributed by atoms with Gasteiger partial charge in [-0.15, -0.1) is 0 Å². The molecule has 3 rings (SSSR count). The molecule has 2 N–H and O–H groups in total. The minimum atomic E-state index is -3.57. The van der Waals surface area contributed by atoms with Gasteiger partial charge in [-0.3, -0.25) is 10.2 Å². The number of nitrogens with one attached hydrogen (secondary N) is 2. The SMILES string of the molecule is O=S(=O)(c1ccc(Cl)cc1)c1ccc(-c2nc(=S)[nH][nH]2)cc1. The number of halogens is 1. The van der Waals surface area contributed by atoms with E-state index >= 15 is 0 Å². The lowest BCUT2D eigenvalue weighted by atomic mass is 10.2. The zero-order chi connectivity index (χ0) is 15.7. The molecule has 1 heterocycles. The Morgan fingerprint density at radius 2 is 1.45 bits per heavy atom. The average molecular weight is 352 g/mol. The van der Waals surface area contributed by atoms with E-state index in [4.69, 9.17) is 23.8 Å². The first-order valence-corrected chi connectivity index (χ1v) is 8.49. The van der Waals surface area contributed by atoms with Crippen molar-refractivity contribution in [2.24, 2.45) is 0 Å². The van der Waals surface area contributed by atoms with Gasteiger partial charge >= 0.3 is 0 Å². The van der Waals surface area contributed by atoms with Gasteiger partial charge in [0.15, 0.2) is 5.82 Å². The summed E-state index contributed by atoms with van der Waals surface area (Å²) < 4.78 is 25.4. The number of aromatic nitrogens is 3. The van der Waals surface area contributed by atoms with E-state index in [1.807, 2.05) is 0 Å². The lowest BCUT2D eigenvalue weighted by Crippen LogP contribution is -2.01. The zero-order valence-electron chi connectivity index (χ0n) is 11.1. The standard InChI is InChI=1S/C14H10ClN3O2S2/c15-10-3-7-12(8-4-10)22(19,20)11-5-1-9(2-6-11)13-16-14(21)18-17-13/h1-8H,(H2,16,17,18,21). The summed E-state index contributed by atoms with van der Waals surface area (Å²) in [6.07, 6.45) is 0. The quantitative estimate of drug-likeness (QED) is 0.706. The topological polar surface area (TPSA) is 78.6 Å². The summed E-state index contributed by atoms with van der Waals surface area (Å²) in [6.45, 7) is 0. The first-order chi connectivity index (χ1) is 10.5. The first-order valence-electron chi connectivity index (χ1n) is 6.22. The summed E-state index contributed by atoms with van der Waals surface area (Å²) in [4.78, 5) is 4.48. The van der Waals surface area contributed by atoms with Crippen molar-refractivity contribution in [2.45, 2.75) is 9.79 Å². The largest absolute Gasteiger partial charge is 0.282 e. The van der Waals surface area contributed by atoms with Crippen molar-refractivity contribution in [3.8, 4) is 11.4 Å². The highest BCUT2D eigenvalue weighted by Gasteiger charge is 2.17. The molecule has 0 saturated carbocycles. The number of rotatable bonds is 3. The highest BCUT2D eigenvalue weighted by molar-refractivity contribution is 7.91. The minimum Gasteiger partial charge on any atom is -0.282 e. The summed E-state index contributed by atoms with van der Waals surface area (Å²) >= 11 is 10.7. The second-order valence-electron chi connectivity index (χ2n) is 4.50. The Hall–Kier alpha value is -1.96. The van der Waals surface area contributed by atoms with E-state index in [2.05, 4.69) is 15.2 Å². The van der Waals surface area contributed by atoms with Crippen LogP contribution in [0.25, 0.3) is 11.4 Å². The maximum Gasteiger partial charge on any atom is 0.213 e. The van der Waals surface area contributed by atoms with Gasteiger partial charge in [0.1, 0.15) is 0 Å². The molecule has 0 aliphatic heterocycles. The fraction of sp³-hybridized carbons (Fsp3) is 0. The van der Waals surface area contributed by atoms with E-state index < -0.39 is 9.84 Å². The number of aromatic amines is 2. The van der Waals surface area contributed by atoms with Crippen LogP contribution in [0, 0.1) is 4.77 Å². The van der Waals surface area contributed by atoms with Crippen molar-refractivity contribution in [1.82, 2.24) is 15.2 Å². The highest BCUT2D eigenvalue weighted by atomic mass is 35.5. The molecule has 0 saturated heterocycles. The number of hydrogen-bond donors (Lipinski definition) is 2. The van der Waals surface area contributed by atoms with E-state index in [1.165, 1.54) is 24.3 Å². The van der Waals surface area contributed by atoms with Crippen LogP contribution in [0.3, 0.4) is 0 Å². The molecule has 22 heavy (non-hydrogen) atoms. The highest BCUT2D eigenvalue weighted by Crippen LogP contribution is 2.24. The van der Waals surface area contributed by atoms with E-state index in [0.717, 1.165) is 5.56 Å². The molecule has 0 aliphatic rings. The summed E-state index contributed by atoms with van der Waals surface area (Å²) in [5.41, 5.74) is 0.738. The van der Waals surface area contributed by atoms with Crippen molar-refractivity contribution in [3.63, 3.8) is 0 Å². The zero-order valence-corrected chi connectivity index (χ0v) is 13.5. The van der Waals surface area contributed by atoms with Gasteiger partial charge < -0.3 is 0 Å². The van der Waals surface area contributed by atoms with Gasteiger partial charge in [-0.05, 0) is 60.7 Å². The van der Waals surface area contributed by atoms with Crippen LogP contribution in [0.1, 0.15) is 0 Å². The lowest BCUT2D eigenvalue weighted by Gasteiger charge is -2.05. The normalized spacial score (nSPS) is 11.5. The summed E-state index contributed by atoms with van der Waals surface area (Å²) in [6, 6.07) is 12.5. The predicted molar refractivity (Wildman–Crippen MR) is 86.1 cm³/mol. The maximum absolute atomic E-state index is 12.5. The summed E-state index contributed by atoms with van der Waals surface area (Å²) in [7, 11) is -3.57. The van der Waals surface area contributed by atoms with Crippen molar-refractivity contribution < 1.29 is 8.42 Å². The molecule has 0 atom stereocenters. The Kier molecular flexibility index (Phi) is 3.86. The molecule has 1 aromatic heterocycles.